The lowest BCUT2D eigenvalue weighted by molar-refractivity contribution is -0.122. The molecular formula is C19H15Cl3N2O2S. The average molecular weight is 442 g/mol. The van der Waals surface area contributed by atoms with Gasteiger partial charge in [0.05, 0.1) is 15.1 Å². The van der Waals surface area contributed by atoms with Gasteiger partial charge < -0.3 is 10.1 Å². The van der Waals surface area contributed by atoms with Gasteiger partial charge in [-0.25, -0.2) is 0 Å². The van der Waals surface area contributed by atoms with Gasteiger partial charge in [-0.05, 0) is 60.6 Å². The summed E-state index contributed by atoms with van der Waals surface area (Å²) in [5.41, 5.74) is 2.06. The number of carbonyl (C=O) groups excluding carboxylic acids is 1. The molecule has 0 radical (unpaired) electrons. The van der Waals surface area contributed by atoms with E-state index in [4.69, 9.17) is 51.8 Å². The van der Waals surface area contributed by atoms with Gasteiger partial charge in [0, 0.05) is 6.54 Å². The lowest BCUT2D eigenvalue weighted by Gasteiger charge is -2.10. The van der Waals surface area contributed by atoms with E-state index in [2.05, 4.69) is 5.32 Å². The lowest BCUT2D eigenvalue weighted by Crippen LogP contribution is -2.30. The van der Waals surface area contributed by atoms with Crippen LogP contribution in [0.15, 0.2) is 42.1 Å². The minimum absolute atomic E-state index is 0.154. The molecule has 0 aromatic heterocycles. The number of thiocarbonyl (C=S) groups is 1. The summed E-state index contributed by atoms with van der Waals surface area (Å²) in [4.78, 5) is 13.7. The SMILES string of the molecule is CCN1C(=O)/C(=C/c2ccc(OCc3ccc(Cl)c(Cl)c3)c(Cl)c2)NC1=S. The number of carbonyl (C=O) groups is 1. The largest absolute Gasteiger partial charge is 0.487 e. The van der Waals surface area contributed by atoms with Crippen molar-refractivity contribution in [1.29, 1.82) is 0 Å². The number of likely N-dealkylation sites (N-methyl/N-ethyl adjacent to an activating group) is 1. The molecule has 140 valence electrons. The van der Waals surface area contributed by atoms with Crippen molar-refractivity contribution in [2.24, 2.45) is 0 Å². The molecule has 1 heterocycles. The van der Waals surface area contributed by atoms with Crippen LogP contribution in [0.2, 0.25) is 15.1 Å². The van der Waals surface area contributed by atoms with E-state index in [1.807, 2.05) is 19.1 Å². The van der Waals surface area contributed by atoms with E-state index >= 15 is 0 Å². The Labute approximate surface area is 177 Å². The van der Waals surface area contributed by atoms with Crippen molar-refractivity contribution in [3.63, 3.8) is 0 Å². The summed E-state index contributed by atoms with van der Waals surface area (Å²) in [7, 11) is 0. The van der Waals surface area contributed by atoms with Gasteiger partial charge in [0.2, 0.25) is 0 Å². The maximum Gasteiger partial charge on any atom is 0.276 e. The molecule has 1 amide bonds. The Morgan fingerprint density at radius 1 is 1.11 bits per heavy atom. The van der Waals surface area contributed by atoms with Gasteiger partial charge >= 0.3 is 0 Å². The van der Waals surface area contributed by atoms with E-state index in [1.165, 1.54) is 4.90 Å². The second-order valence-electron chi connectivity index (χ2n) is 5.76. The quantitative estimate of drug-likeness (QED) is 0.505. The Morgan fingerprint density at radius 3 is 2.52 bits per heavy atom. The molecule has 1 aliphatic rings. The number of nitrogens with zero attached hydrogens (tertiary/aromatic N) is 1. The first-order valence-electron chi connectivity index (χ1n) is 8.10. The highest BCUT2D eigenvalue weighted by Gasteiger charge is 2.28. The maximum atomic E-state index is 12.2. The van der Waals surface area contributed by atoms with Gasteiger partial charge in [-0.15, -0.1) is 0 Å². The van der Waals surface area contributed by atoms with Crippen molar-refractivity contribution >= 4 is 64.1 Å². The minimum atomic E-state index is -0.154. The monoisotopic (exact) mass is 440 g/mol. The number of hydrogen-bond acceptors (Lipinski definition) is 3. The van der Waals surface area contributed by atoms with Gasteiger partial charge in [0.25, 0.3) is 5.91 Å². The van der Waals surface area contributed by atoms with Gasteiger partial charge in [-0.2, -0.15) is 0 Å². The number of halogens is 3. The third-order valence-corrected chi connectivity index (χ3v) is 5.28. The summed E-state index contributed by atoms with van der Waals surface area (Å²) >= 11 is 23.4. The van der Waals surface area contributed by atoms with Crippen molar-refractivity contribution < 1.29 is 9.53 Å². The zero-order valence-electron chi connectivity index (χ0n) is 14.3. The molecule has 8 heteroatoms. The highest BCUT2D eigenvalue weighted by molar-refractivity contribution is 7.80. The molecule has 4 nitrogen and oxygen atoms in total. The third kappa shape index (κ3) is 4.55. The predicted molar refractivity (Wildman–Crippen MR) is 113 cm³/mol. The first-order chi connectivity index (χ1) is 12.9. The summed E-state index contributed by atoms with van der Waals surface area (Å²) in [5.74, 6) is 0.375. The van der Waals surface area contributed by atoms with Crippen LogP contribution < -0.4 is 10.1 Å². The topological polar surface area (TPSA) is 41.6 Å². The number of ether oxygens (including phenoxy) is 1. The van der Waals surface area contributed by atoms with E-state index in [0.29, 0.717) is 44.8 Å². The molecule has 0 atom stereocenters. The molecule has 27 heavy (non-hydrogen) atoms. The smallest absolute Gasteiger partial charge is 0.276 e. The highest BCUT2D eigenvalue weighted by Crippen LogP contribution is 2.29. The first kappa shape index (κ1) is 20.0. The fraction of sp³-hybridized carbons (Fsp3) is 0.158. The Balaban J connectivity index is 1.72. The summed E-state index contributed by atoms with van der Waals surface area (Å²) in [6, 6.07) is 10.6. The van der Waals surface area contributed by atoms with E-state index in [0.717, 1.165) is 11.1 Å². The zero-order valence-corrected chi connectivity index (χ0v) is 17.3. The van der Waals surface area contributed by atoms with E-state index in [1.54, 1.807) is 30.3 Å². The van der Waals surface area contributed by atoms with Crippen LogP contribution in [0.5, 0.6) is 5.75 Å². The Bertz CT molecular complexity index is 947. The minimum Gasteiger partial charge on any atom is -0.487 e. The third-order valence-electron chi connectivity index (χ3n) is 3.92. The fourth-order valence-electron chi connectivity index (χ4n) is 2.54. The van der Waals surface area contributed by atoms with Crippen LogP contribution in [-0.4, -0.2) is 22.5 Å². The van der Waals surface area contributed by atoms with E-state index in [-0.39, 0.29) is 5.91 Å². The summed E-state index contributed by atoms with van der Waals surface area (Å²) in [6.07, 6.45) is 1.71. The van der Waals surface area contributed by atoms with E-state index in [9.17, 15) is 4.79 Å². The van der Waals surface area contributed by atoms with Gasteiger partial charge in [-0.3, -0.25) is 9.69 Å². The Kier molecular flexibility index (Phi) is 6.27. The number of benzene rings is 2. The summed E-state index contributed by atoms with van der Waals surface area (Å²) < 4.78 is 5.75. The highest BCUT2D eigenvalue weighted by atomic mass is 35.5. The predicted octanol–water partition coefficient (Wildman–Crippen LogP) is 5.30. The van der Waals surface area contributed by atoms with Gasteiger partial charge in [0.15, 0.2) is 5.11 Å². The van der Waals surface area contributed by atoms with Crippen LogP contribution in [0.3, 0.4) is 0 Å². The number of amides is 1. The second kappa shape index (κ2) is 8.48. The van der Waals surface area contributed by atoms with Crippen LogP contribution in [0.4, 0.5) is 0 Å². The molecule has 1 saturated heterocycles. The number of nitrogens with one attached hydrogen (secondary N) is 1. The molecule has 2 aromatic rings. The second-order valence-corrected chi connectivity index (χ2v) is 7.37. The van der Waals surface area contributed by atoms with Gasteiger partial charge in [-0.1, -0.05) is 46.9 Å². The first-order valence-corrected chi connectivity index (χ1v) is 9.64. The van der Waals surface area contributed by atoms with Crippen molar-refractivity contribution in [1.82, 2.24) is 10.2 Å². The molecule has 1 aliphatic heterocycles. The molecule has 1 fully saturated rings. The Morgan fingerprint density at radius 2 is 1.89 bits per heavy atom. The van der Waals surface area contributed by atoms with Crippen molar-refractivity contribution in [2.45, 2.75) is 13.5 Å². The van der Waals surface area contributed by atoms with Crippen molar-refractivity contribution in [3.8, 4) is 5.75 Å². The molecular weight excluding hydrogens is 427 g/mol. The van der Waals surface area contributed by atoms with Crippen molar-refractivity contribution in [2.75, 3.05) is 6.54 Å². The van der Waals surface area contributed by atoms with Crippen LogP contribution in [0.1, 0.15) is 18.1 Å². The maximum absolute atomic E-state index is 12.2. The van der Waals surface area contributed by atoms with Crippen molar-refractivity contribution in [3.05, 3.63) is 68.3 Å². The van der Waals surface area contributed by atoms with Crippen LogP contribution in [0, 0.1) is 0 Å². The molecule has 3 rings (SSSR count). The number of hydrogen-bond donors (Lipinski definition) is 1. The number of rotatable bonds is 5. The van der Waals surface area contributed by atoms with Gasteiger partial charge in [0.1, 0.15) is 18.1 Å². The summed E-state index contributed by atoms with van der Waals surface area (Å²) in [5, 5.41) is 4.72. The molecule has 1 N–H and O–H groups in total. The normalized spacial score (nSPS) is 15.4. The van der Waals surface area contributed by atoms with Crippen LogP contribution in [0.25, 0.3) is 6.08 Å². The summed E-state index contributed by atoms with van der Waals surface area (Å²) in [6.45, 7) is 2.69. The standard InChI is InChI=1S/C19H15Cl3N2O2S/c1-2-24-18(25)16(23-19(24)27)9-11-4-6-17(15(22)7-11)26-10-12-3-5-13(20)14(21)8-12/h3-9H,2,10H2,1H3,(H,23,27)/b16-9-. The molecule has 0 saturated carbocycles. The molecule has 0 unspecified atom stereocenters. The average Bonchev–Trinajstić information content (AvgIpc) is 2.90. The fourth-order valence-corrected chi connectivity index (χ4v) is 3.43. The van der Waals surface area contributed by atoms with Crippen LogP contribution >= 0.6 is 47.0 Å². The molecule has 2 aromatic carbocycles. The molecule has 0 spiro atoms. The molecule has 0 bridgehead atoms. The molecule has 0 aliphatic carbocycles. The Hall–Kier alpha value is -1.79. The van der Waals surface area contributed by atoms with E-state index < -0.39 is 0 Å². The zero-order chi connectivity index (χ0) is 19.6. The lowest BCUT2D eigenvalue weighted by atomic mass is 10.2. The van der Waals surface area contributed by atoms with Crippen LogP contribution in [-0.2, 0) is 11.4 Å².